The highest BCUT2D eigenvalue weighted by Crippen LogP contribution is 2.36. The second kappa shape index (κ2) is 5.31. The average molecular weight is 259 g/mol. The average Bonchev–Trinajstić information content (AvgIpc) is 2.43. The molecule has 0 spiro atoms. The van der Waals surface area contributed by atoms with Crippen LogP contribution in [-0.2, 0) is 4.79 Å². The number of rotatable bonds is 2. The lowest BCUT2D eigenvalue weighted by molar-refractivity contribution is -0.124. The zero-order valence-electron chi connectivity index (χ0n) is 11.2. The van der Waals surface area contributed by atoms with Crippen molar-refractivity contribution in [3.05, 3.63) is 11.4 Å². The lowest BCUT2D eigenvalue weighted by Crippen LogP contribution is -2.37. The number of aryl methyl sites for hydroxylation is 2. The summed E-state index contributed by atoms with van der Waals surface area (Å²) in [5, 5.41) is 19.7. The van der Waals surface area contributed by atoms with Crippen molar-refractivity contribution in [2.75, 3.05) is 5.32 Å². The van der Waals surface area contributed by atoms with E-state index in [0.29, 0.717) is 12.8 Å². The van der Waals surface area contributed by atoms with Crippen LogP contribution >= 0.6 is 0 Å². The fraction of sp³-hybridized carbons (Fsp3) is 0.615. The fourth-order valence-electron chi connectivity index (χ4n) is 2.28. The number of hydrogen-bond acceptors (Lipinski definition) is 5. The molecular weight excluding hydrogens is 242 g/mol. The maximum Gasteiger partial charge on any atom is 0.249 e. The third kappa shape index (κ3) is 2.70. The van der Waals surface area contributed by atoms with Crippen LogP contribution in [0.1, 0.15) is 43.5 Å². The smallest absolute Gasteiger partial charge is 0.249 e. The summed E-state index contributed by atoms with van der Waals surface area (Å²) in [6.45, 7) is 3.61. The zero-order valence-corrected chi connectivity index (χ0v) is 11.2. The molecule has 1 N–H and O–H groups in total. The molecule has 1 aromatic rings. The number of carbonyl (C=O) groups is 1. The van der Waals surface area contributed by atoms with E-state index in [1.165, 1.54) is 0 Å². The van der Waals surface area contributed by atoms with Crippen molar-refractivity contribution in [2.45, 2.75) is 46.0 Å². The summed E-state index contributed by atoms with van der Waals surface area (Å²) in [4.78, 5) is 16.4. The van der Waals surface area contributed by atoms with Crippen LogP contribution in [0.4, 0.5) is 5.95 Å². The van der Waals surface area contributed by atoms with Gasteiger partial charge in [-0.05, 0) is 26.7 Å². The molecule has 100 valence electrons. The van der Waals surface area contributed by atoms with Crippen LogP contribution in [0.5, 0.6) is 0 Å². The van der Waals surface area contributed by atoms with Gasteiger partial charge < -0.3 is 0 Å². The molecule has 0 aromatic carbocycles. The van der Waals surface area contributed by atoms with Crippen molar-refractivity contribution in [3.63, 3.8) is 0 Å². The zero-order chi connectivity index (χ0) is 13.9. The van der Waals surface area contributed by atoms with Crippen LogP contribution < -0.4 is 5.32 Å². The minimum absolute atomic E-state index is 0.174. The largest absolute Gasteiger partial charge is 0.292 e. The van der Waals surface area contributed by atoms with E-state index < -0.39 is 5.41 Å². The Morgan fingerprint density at radius 1 is 1.21 bits per heavy atom. The molecule has 1 fully saturated rings. The Morgan fingerprint density at radius 2 is 1.89 bits per heavy atom. The maximum absolute atomic E-state index is 12.3. The van der Waals surface area contributed by atoms with Crippen LogP contribution in [0.15, 0.2) is 0 Å². The molecule has 0 unspecified atom stereocenters. The number of carbonyl (C=O) groups excluding carboxylic acids is 1. The predicted molar refractivity (Wildman–Crippen MR) is 69.1 cm³/mol. The topological polar surface area (TPSA) is 91.6 Å². The van der Waals surface area contributed by atoms with Gasteiger partial charge in [-0.3, -0.25) is 10.1 Å². The van der Waals surface area contributed by atoms with Gasteiger partial charge in [0.25, 0.3) is 0 Å². The van der Waals surface area contributed by atoms with Gasteiger partial charge in [-0.2, -0.15) is 10.4 Å². The number of nitrogens with zero attached hydrogens (tertiary/aromatic N) is 4. The van der Waals surface area contributed by atoms with Crippen molar-refractivity contribution < 1.29 is 4.79 Å². The Labute approximate surface area is 112 Å². The molecule has 0 aliphatic heterocycles. The van der Waals surface area contributed by atoms with E-state index in [9.17, 15) is 10.1 Å². The van der Waals surface area contributed by atoms with Gasteiger partial charge in [-0.15, -0.1) is 5.10 Å². The minimum Gasteiger partial charge on any atom is -0.292 e. The van der Waals surface area contributed by atoms with Crippen LogP contribution in [0.2, 0.25) is 0 Å². The molecule has 1 heterocycles. The molecule has 1 amide bonds. The van der Waals surface area contributed by atoms with Gasteiger partial charge >= 0.3 is 0 Å². The highest BCUT2D eigenvalue weighted by atomic mass is 16.2. The van der Waals surface area contributed by atoms with E-state index in [1.54, 1.807) is 13.8 Å². The Hall–Kier alpha value is -2.03. The van der Waals surface area contributed by atoms with Gasteiger partial charge in [-0.1, -0.05) is 19.3 Å². The Bertz CT molecular complexity index is 528. The first-order chi connectivity index (χ1) is 9.07. The molecular formula is C13H17N5O. The van der Waals surface area contributed by atoms with Crippen molar-refractivity contribution in [2.24, 2.45) is 5.41 Å². The molecule has 1 saturated carbocycles. The highest BCUT2D eigenvalue weighted by Gasteiger charge is 2.40. The molecule has 0 bridgehead atoms. The number of anilines is 1. The second-order valence-electron chi connectivity index (χ2n) is 5.01. The van der Waals surface area contributed by atoms with Gasteiger partial charge in [0.2, 0.25) is 11.9 Å². The number of aromatic nitrogens is 3. The quantitative estimate of drug-likeness (QED) is 0.875. The minimum atomic E-state index is -0.930. The molecule has 6 heteroatoms. The standard InChI is InChI=1S/C13H17N5O/c1-9-10(2)17-18-12(15-9)16-11(19)13(8-14)6-4-3-5-7-13/h3-7H2,1-2H3,(H,15,16,18,19). The summed E-state index contributed by atoms with van der Waals surface area (Å²) in [7, 11) is 0. The summed E-state index contributed by atoms with van der Waals surface area (Å²) in [6.07, 6.45) is 4.11. The fourth-order valence-corrected chi connectivity index (χ4v) is 2.28. The molecule has 1 aromatic heterocycles. The first-order valence-corrected chi connectivity index (χ1v) is 6.48. The molecule has 0 saturated heterocycles. The van der Waals surface area contributed by atoms with Gasteiger partial charge in [0.15, 0.2) is 0 Å². The predicted octanol–water partition coefficient (Wildman–Crippen LogP) is 1.90. The van der Waals surface area contributed by atoms with Crippen LogP contribution in [0, 0.1) is 30.6 Å². The van der Waals surface area contributed by atoms with Crippen molar-refractivity contribution in [1.82, 2.24) is 15.2 Å². The third-order valence-corrected chi connectivity index (χ3v) is 3.67. The normalized spacial score (nSPS) is 17.5. The van der Waals surface area contributed by atoms with Crippen LogP contribution in [0.3, 0.4) is 0 Å². The van der Waals surface area contributed by atoms with Crippen molar-refractivity contribution in [3.8, 4) is 6.07 Å². The van der Waals surface area contributed by atoms with Gasteiger partial charge in [-0.25, -0.2) is 4.98 Å². The van der Waals surface area contributed by atoms with Crippen molar-refractivity contribution in [1.29, 1.82) is 5.26 Å². The maximum atomic E-state index is 12.3. The van der Waals surface area contributed by atoms with Crippen LogP contribution in [0.25, 0.3) is 0 Å². The van der Waals surface area contributed by atoms with E-state index in [1.807, 2.05) is 0 Å². The SMILES string of the molecule is Cc1nnc(NC(=O)C2(C#N)CCCCC2)nc1C. The van der Waals surface area contributed by atoms with Gasteiger partial charge in [0.05, 0.1) is 17.5 Å². The molecule has 2 rings (SSSR count). The second-order valence-corrected chi connectivity index (χ2v) is 5.01. The Kier molecular flexibility index (Phi) is 3.74. The molecule has 0 radical (unpaired) electrons. The van der Waals surface area contributed by atoms with E-state index in [0.717, 1.165) is 30.7 Å². The molecule has 19 heavy (non-hydrogen) atoms. The van der Waals surface area contributed by atoms with Gasteiger partial charge in [0.1, 0.15) is 5.41 Å². The number of hydrogen-bond donors (Lipinski definition) is 1. The number of nitrogens with one attached hydrogen (secondary N) is 1. The number of nitriles is 1. The molecule has 1 aliphatic carbocycles. The van der Waals surface area contributed by atoms with Crippen molar-refractivity contribution >= 4 is 11.9 Å². The Balaban J connectivity index is 2.15. The third-order valence-electron chi connectivity index (χ3n) is 3.67. The number of amides is 1. The monoisotopic (exact) mass is 259 g/mol. The summed E-state index contributed by atoms with van der Waals surface area (Å²) in [5.74, 6) is -0.131. The van der Waals surface area contributed by atoms with Crippen LogP contribution in [-0.4, -0.2) is 21.1 Å². The van der Waals surface area contributed by atoms with Gasteiger partial charge in [0, 0.05) is 0 Å². The van der Waals surface area contributed by atoms with E-state index in [2.05, 4.69) is 26.6 Å². The lowest BCUT2D eigenvalue weighted by atomic mass is 9.74. The Morgan fingerprint density at radius 3 is 2.47 bits per heavy atom. The summed E-state index contributed by atoms with van der Waals surface area (Å²) >= 11 is 0. The molecule has 1 aliphatic rings. The first kappa shape index (κ1) is 13.4. The summed E-state index contributed by atoms with van der Waals surface area (Å²) in [6, 6.07) is 2.18. The first-order valence-electron chi connectivity index (χ1n) is 6.48. The lowest BCUT2D eigenvalue weighted by Gasteiger charge is -2.28. The summed E-state index contributed by atoms with van der Waals surface area (Å²) < 4.78 is 0. The molecule has 6 nitrogen and oxygen atoms in total. The molecule has 0 atom stereocenters. The highest BCUT2D eigenvalue weighted by molar-refractivity contribution is 5.95. The van der Waals surface area contributed by atoms with E-state index >= 15 is 0 Å². The summed E-state index contributed by atoms with van der Waals surface area (Å²) in [5.41, 5.74) is 0.519. The van der Waals surface area contributed by atoms with E-state index in [-0.39, 0.29) is 11.9 Å². The van der Waals surface area contributed by atoms with E-state index in [4.69, 9.17) is 0 Å².